The zero-order chi connectivity index (χ0) is 22.7. The average molecular weight is 449 g/mol. The molecule has 0 bridgehead atoms. The smallest absolute Gasteiger partial charge is 0.266 e. The van der Waals surface area contributed by atoms with Crippen LogP contribution in [0.2, 0.25) is 0 Å². The first-order valence-corrected chi connectivity index (χ1v) is 11.0. The molecular formula is C25H24N2O4S. The van der Waals surface area contributed by atoms with Gasteiger partial charge in [0, 0.05) is 12.1 Å². The molecule has 1 saturated heterocycles. The van der Waals surface area contributed by atoms with Crippen molar-refractivity contribution in [2.75, 3.05) is 27.9 Å². The third kappa shape index (κ3) is 4.16. The molecule has 0 N–H and O–H groups in total. The highest BCUT2D eigenvalue weighted by Crippen LogP contribution is 2.38. The van der Waals surface area contributed by atoms with Gasteiger partial charge in [-0.15, -0.1) is 0 Å². The van der Waals surface area contributed by atoms with Gasteiger partial charge in [0.05, 0.1) is 31.9 Å². The lowest BCUT2D eigenvalue weighted by Gasteiger charge is -2.12. The predicted molar refractivity (Wildman–Crippen MR) is 130 cm³/mol. The lowest BCUT2D eigenvalue weighted by atomic mass is 10.0. The van der Waals surface area contributed by atoms with Crippen LogP contribution in [-0.2, 0) is 4.79 Å². The third-order valence-electron chi connectivity index (χ3n) is 5.23. The molecule has 0 aliphatic carbocycles. The van der Waals surface area contributed by atoms with E-state index in [1.807, 2.05) is 67.6 Å². The summed E-state index contributed by atoms with van der Waals surface area (Å²) in [4.78, 5) is 20.1. The number of carbonyl (C=O) groups excluding carboxylic acids is 1. The number of carbonyl (C=O) groups is 1. The number of methoxy groups -OCH3 is 3. The van der Waals surface area contributed by atoms with Crippen molar-refractivity contribution in [1.82, 2.24) is 4.90 Å². The number of likely N-dealkylation sites (N-methyl/N-ethyl adjacent to an activating group) is 1. The molecule has 0 radical (unpaired) electrons. The molecule has 0 atom stereocenters. The summed E-state index contributed by atoms with van der Waals surface area (Å²) in [5, 5.41) is 2.63. The Bertz CT molecular complexity index is 1210. The maximum absolute atomic E-state index is 13.2. The first kappa shape index (κ1) is 21.8. The van der Waals surface area contributed by atoms with Crippen LogP contribution in [0.15, 0.2) is 64.5 Å². The Labute approximate surface area is 191 Å². The SMILES string of the molecule is CCN1C(=O)/C(=C/c2c(OC)ccc3ccc(OC)cc23)SC1=Nc1ccc(OC)cc1. The Balaban J connectivity index is 1.78. The molecule has 1 fully saturated rings. The minimum absolute atomic E-state index is 0.0771. The molecular weight excluding hydrogens is 424 g/mol. The van der Waals surface area contributed by atoms with E-state index in [1.54, 1.807) is 26.2 Å². The number of fused-ring (bicyclic) bond motifs is 1. The molecule has 7 heteroatoms. The summed E-state index contributed by atoms with van der Waals surface area (Å²) in [7, 11) is 4.89. The number of benzene rings is 3. The van der Waals surface area contributed by atoms with Crippen molar-refractivity contribution >= 4 is 45.4 Å². The summed E-state index contributed by atoms with van der Waals surface area (Å²) in [6.45, 7) is 2.47. The van der Waals surface area contributed by atoms with Gasteiger partial charge in [-0.2, -0.15) is 0 Å². The fourth-order valence-electron chi connectivity index (χ4n) is 3.52. The largest absolute Gasteiger partial charge is 0.497 e. The third-order valence-corrected chi connectivity index (χ3v) is 6.23. The van der Waals surface area contributed by atoms with Crippen LogP contribution < -0.4 is 14.2 Å². The Morgan fingerprint density at radius 2 is 1.62 bits per heavy atom. The van der Waals surface area contributed by atoms with Gasteiger partial charge in [0.2, 0.25) is 0 Å². The van der Waals surface area contributed by atoms with Gasteiger partial charge in [-0.1, -0.05) is 12.1 Å². The average Bonchev–Trinajstić information content (AvgIpc) is 3.12. The molecule has 1 aliphatic rings. The lowest BCUT2D eigenvalue weighted by Crippen LogP contribution is -2.28. The number of nitrogens with zero attached hydrogens (tertiary/aromatic N) is 2. The molecule has 0 saturated carbocycles. The molecule has 1 heterocycles. The fraction of sp³-hybridized carbons (Fsp3) is 0.200. The van der Waals surface area contributed by atoms with E-state index in [-0.39, 0.29) is 5.91 Å². The molecule has 3 aromatic carbocycles. The first-order valence-electron chi connectivity index (χ1n) is 10.2. The molecule has 4 rings (SSSR count). The number of hydrogen-bond donors (Lipinski definition) is 0. The summed E-state index contributed by atoms with van der Waals surface area (Å²) >= 11 is 1.36. The van der Waals surface area contributed by atoms with Crippen LogP contribution in [0, 0.1) is 0 Å². The first-order chi connectivity index (χ1) is 15.6. The molecule has 6 nitrogen and oxygen atoms in total. The molecule has 3 aromatic rings. The van der Waals surface area contributed by atoms with Gasteiger partial charge in [0.1, 0.15) is 17.2 Å². The predicted octanol–water partition coefficient (Wildman–Crippen LogP) is 5.49. The van der Waals surface area contributed by atoms with Gasteiger partial charge in [-0.25, -0.2) is 4.99 Å². The monoisotopic (exact) mass is 448 g/mol. The summed E-state index contributed by atoms with van der Waals surface area (Å²) in [5.74, 6) is 2.12. The highest BCUT2D eigenvalue weighted by Gasteiger charge is 2.32. The standard InChI is InChI=1S/C25H24N2O4S/c1-5-27-24(28)23(32-25(27)26-17-8-11-18(29-2)12-9-17)15-21-20-14-19(30-3)10-6-16(20)7-13-22(21)31-4/h6-15H,5H2,1-4H3/b23-15-,26-25?. The maximum atomic E-state index is 13.2. The molecule has 0 aromatic heterocycles. The highest BCUT2D eigenvalue weighted by atomic mass is 32.2. The lowest BCUT2D eigenvalue weighted by molar-refractivity contribution is -0.122. The van der Waals surface area contributed by atoms with Gasteiger partial charge in [-0.3, -0.25) is 9.69 Å². The number of ether oxygens (including phenoxy) is 3. The van der Waals surface area contributed by atoms with E-state index in [9.17, 15) is 4.79 Å². The van der Waals surface area contributed by atoms with E-state index < -0.39 is 0 Å². The van der Waals surface area contributed by atoms with Crippen LogP contribution in [0.3, 0.4) is 0 Å². The van der Waals surface area contributed by atoms with Crippen molar-refractivity contribution in [3.63, 3.8) is 0 Å². The summed E-state index contributed by atoms with van der Waals surface area (Å²) < 4.78 is 16.2. The number of rotatable bonds is 6. The van der Waals surface area contributed by atoms with Crippen molar-refractivity contribution in [2.45, 2.75) is 6.92 Å². The highest BCUT2D eigenvalue weighted by molar-refractivity contribution is 8.18. The molecule has 32 heavy (non-hydrogen) atoms. The van der Waals surface area contributed by atoms with E-state index in [0.717, 1.165) is 33.5 Å². The second-order valence-electron chi connectivity index (χ2n) is 7.02. The number of amidine groups is 1. The molecule has 1 aliphatic heterocycles. The molecule has 164 valence electrons. The number of hydrogen-bond acceptors (Lipinski definition) is 6. The van der Waals surface area contributed by atoms with Crippen molar-refractivity contribution in [3.8, 4) is 17.2 Å². The van der Waals surface area contributed by atoms with Crippen LogP contribution in [0.1, 0.15) is 12.5 Å². The van der Waals surface area contributed by atoms with E-state index in [2.05, 4.69) is 0 Å². The van der Waals surface area contributed by atoms with Crippen LogP contribution in [0.4, 0.5) is 5.69 Å². The number of thioether (sulfide) groups is 1. The van der Waals surface area contributed by atoms with Gasteiger partial charge in [-0.05, 0) is 78.0 Å². The summed E-state index contributed by atoms with van der Waals surface area (Å²) in [6, 6.07) is 17.2. The van der Waals surface area contributed by atoms with Crippen molar-refractivity contribution in [1.29, 1.82) is 0 Å². The normalized spacial score (nSPS) is 16.2. The topological polar surface area (TPSA) is 60.4 Å². The number of amides is 1. The minimum atomic E-state index is -0.0771. The van der Waals surface area contributed by atoms with Crippen molar-refractivity contribution in [2.24, 2.45) is 4.99 Å². The van der Waals surface area contributed by atoms with Crippen LogP contribution in [0.25, 0.3) is 16.8 Å². The van der Waals surface area contributed by atoms with E-state index in [1.165, 1.54) is 11.8 Å². The van der Waals surface area contributed by atoms with Crippen molar-refractivity contribution in [3.05, 3.63) is 65.1 Å². The Morgan fingerprint density at radius 3 is 2.28 bits per heavy atom. The van der Waals surface area contributed by atoms with Gasteiger partial charge in [0.15, 0.2) is 5.17 Å². The summed E-state index contributed by atoms with van der Waals surface area (Å²) in [6.07, 6.45) is 1.88. The second-order valence-corrected chi connectivity index (χ2v) is 8.03. The zero-order valence-electron chi connectivity index (χ0n) is 18.4. The molecule has 1 amide bonds. The second kappa shape index (κ2) is 9.36. The van der Waals surface area contributed by atoms with E-state index >= 15 is 0 Å². The van der Waals surface area contributed by atoms with E-state index in [4.69, 9.17) is 19.2 Å². The fourth-order valence-corrected chi connectivity index (χ4v) is 4.57. The molecule has 0 spiro atoms. The summed E-state index contributed by atoms with van der Waals surface area (Å²) in [5.41, 5.74) is 1.59. The quantitative estimate of drug-likeness (QED) is 0.467. The Hall–Kier alpha value is -3.45. The van der Waals surface area contributed by atoms with Crippen LogP contribution in [0.5, 0.6) is 17.2 Å². The number of aliphatic imine (C=N–C) groups is 1. The zero-order valence-corrected chi connectivity index (χ0v) is 19.2. The van der Waals surface area contributed by atoms with Gasteiger partial charge >= 0.3 is 0 Å². The van der Waals surface area contributed by atoms with Crippen LogP contribution in [-0.4, -0.2) is 43.8 Å². The van der Waals surface area contributed by atoms with Crippen LogP contribution >= 0.6 is 11.8 Å². The maximum Gasteiger partial charge on any atom is 0.266 e. The van der Waals surface area contributed by atoms with Crippen molar-refractivity contribution < 1.29 is 19.0 Å². The Morgan fingerprint density at radius 1 is 0.938 bits per heavy atom. The molecule has 0 unspecified atom stereocenters. The van der Waals surface area contributed by atoms with Gasteiger partial charge in [0.25, 0.3) is 5.91 Å². The Kier molecular flexibility index (Phi) is 6.37. The van der Waals surface area contributed by atoms with Gasteiger partial charge < -0.3 is 14.2 Å². The minimum Gasteiger partial charge on any atom is -0.497 e. The van der Waals surface area contributed by atoms with E-state index in [0.29, 0.717) is 22.4 Å².